The van der Waals surface area contributed by atoms with Crippen LogP contribution in [0.3, 0.4) is 0 Å². The number of benzene rings is 1. The fourth-order valence-corrected chi connectivity index (χ4v) is 1.83. The van der Waals surface area contributed by atoms with E-state index in [4.69, 9.17) is 9.47 Å². The monoisotopic (exact) mass is 294 g/mol. The maximum absolute atomic E-state index is 11.6. The van der Waals surface area contributed by atoms with Crippen molar-refractivity contribution in [2.75, 3.05) is 27.3 Å². The van der Waals surface area contributed by atoms with Crippen LogP contribution in [-0.2, 0) is 11.3 Å². The van der Waals surface area contributed by atoms with E-state index in [1.54, 1.807) is 14.2 Å². The van der Waals surface area contributed by atoms with Crippen molar-refractivity contribution in [3.05, 3.63) is 23.8 Å². The van der Waals surface area contributed by atoms with Crippen LogP contribution < -0.4 is 20.1 Å². The second kappa shape index (κ2) is 9.23. The van der Waals surface area contributed by atoms with E-state index in [1.165, 1.54) is 0 Å². The maximum Gasteiger partial charge on any atom is 0.221 e. The Balaban J connectivity index is 2.34. The molecule has 0 spiro atoms. The van der Waals surface area contributed by atoms with Crippen molar-refractivity contribution >= 4 is 5.91 Å². The maximum atomic E-state index is 11.6. The highest BCUT2D eigenvalue weighted by molar-refractivity contribution is 5.76. The molecule has 5 heteroatoms. The normalized spacial score (nSPS) is 10.5. The van der Waals surface area contributed by atoms with E-state index in [0.717, 1.165) is 23.6 Å². The van der Waals surface area contributed by atoms with Crippen molar-refractivity contribution < 1.29 is 14.3 Å². The van der Waals surface area contributed by atoms with Crippen LogP contribution in [0.15, 0.2) is 18.2 Å². The molecule has 1 amide bonds. The van der Waals surface area contributed by atoms with E-state index in [1.807, 2.05) is 18.2 Å². The second-order valence-electron chi connectivity index (χ2n) is 5.30. The fourth-order valence-electron chi connectivity index (χ4n) is 1.83. The van der Waals surface area contributed by atoms with Crippen molar-refractivity contribution in [2.45, 2.75) is 26.8 Å². The van der Waals surface area contributed by atoms with Gasteiger partial charge in [0.2, 0.25) is 5.91 Å². The third kappa shape index (κ3) is 6.49. The summed E-state index contributed by atoms with van der Waals surface area (Å²) in [7, 11) is 3.26. The lowest BCUT2D eigenvalue weighted by Gasteiger charge is -2.11. The summed E-state index contributed by atoms with van der Waals surface area (Å²) in [4.78, 5) is 11.6. The van der Waals surface area contributed by atoms with Gasteiger partial charge >= 0.3 is 0 Å². The first-order valence-electron chi connectivity index (χ1n) is 7.25. The smallest absolute Gasteiger partial charge is 0.221 e. The summed E-state index contributed by atoms with van der Waals surface area (Å²) in [5.41, 5.74) is 1.04. The largest absolute Gasteiger partial charge is 0.497 e. The van der Waals surface area contributed by atoms with Crippen LogP contribution in [0.4, 0.5) is 0 Å². The molecule has 1 aromatic carbocycles. The average molecular weight is 294 g/mol. The van der Waals surface area contributed by atoms with Gasteiger partial charge < -0.3 is 20.1 Å². The molecule has 0 heterocycles. The SMILES string of the molecule is COc1ccc(CNCCC(=O)NCC(C)C)c(OC)c1. The molecule has 0 radical (unpaired) electrons. The topological polar surface area (TPSA) is 59.6 Å². The Bertz CT molecular complexity index is 447. The Morgan fingerprint density at radius 1 is 1.24 bits per heavy atom. The zero-order valence-electron chi connectivity index (χ0n) is 13.4. The summed E-state index contributed by atoms with van der Waals surface area (Å²) in [5.74, 6) is 2.11. The lowest BCUT2D eigenvalue weighted by atomic mass is 10.2. The Kier molecular flexibility index (Phi) is 7.61. The van der Waals surface area contributed by atoms with Gasteiger partial charge in [0.1, 0.15) is 11.5 Å². The molecule has 0 bridgehead atoms. The third-order valence-corrected chi connectivity index (χ3v) is 3.05. The Morgan fingerprint density at radius 2 is 2.00 bits per heavy atom. The number of ether oxygens (including phenoxy) is 2. The molecule has 0 saturated carbocycles. The molecule has 0 aliphatic carbocycles. The average Bonchev–Trinajstić information content (AvgIpc) is 2.49. The summed E-state index contributed by atoms with van der Waals surface area (Å²) < 4.78 is 10.5. The first kappa shape index (κ1) is 17.3. The molecule has 0 unspecified atom stereocenters. The molecule has 1 aromatic rings. The zero-order valence-corrected chi connectivity index (χ0v) is 13.4. The van der Waals surface area contributed by atoms with Gasteiger partial charge in [0.15, 0.2) is 0 Å². The lowest BCUT2D eigenvalue weighted by molar-refractivity contribution is -0.121. The number of amides is 1. The minimum Gasteiger partial charge on any atom is -0.497 e. The first-order chi connectivity index (χ1) is 10.1. The van der Waals surface area contributed by atoms with Gasteiger partial charge in [-0.1, -0.05) is 19.9 Å². The highest BCUT2D eigenvalue weighted by atomic mass is 16.5. The van der Waals surface area contributed by atoms with Crippen LogP contribution in [0.5, 0.6) is 11.5 Å². The van der Waals surface area contributed by atoms with E-state index in [2.05, 4.69) is 24.5 Å². The van der Waals surface area contributed by atoms with Gasteiger partial charge in [0, 0.05) is 37.7 Å². The molecule has 0 atom stereocenters. The van der Waals surface area contributed by atoms with Crippen LogP contribution >= 0.6 is 0 Å². The summed E-state index contributed by atoms with van der Waals surface area (Å²) in [6.45, 7) is 6.18. The molecule has 1 rings (SSSR count). The van der Waals surface area contributed by atoms with Crippen molar-refractivity contribution in [2.24, 2.45) is 5.92 Å². The molecule has 0 aliphatic heterocycles. The van der Waals surface area contributed by atoms with Crippen molar-refractivity contribution in [1.82, 2.24) is 10.6 Å². The van der Waals surface area contributed by atoms with E-state index in [9.17, 15) is 4.79 Å². The van der Waals surface area contributed by atoms with Gasteiger partial charge in [-0.25, -0.2) is 0 Å². The molecule has 118 valence electrons. The van der Waals surface area contributed by atoms with Crippen molar-refractivity contribution in [1.29, 1.82) is 0 Å². The molecule has 0 fully saturated rings. The van der Waals surface area contributed by atoms with Crippen molar-refractivity contribution in [3.63, 3.8) is 0 Å². The van der Waals surface area contributed by atoms with Crippen LogP contribution in [0.25, 0.3) is 0 Å². The highest BCUT2D eigenvalue weighted by Crippen LogP contribution is 2.24. The van der Waals surface area contributed by atoms with Crippen LogP contribution in [0, 0.1) is 5.92 Å². The van der Waals surface area contributed by atoms with Crippen LogP contribution in [-0.4, -0.2) is 33.2 Å². The summed E-state index contributed by atoms with van der Waals surface area (Å²) >= 11 is 0. The Morgan fingerprint density at radius 3 is 2.62 bits per heavy atom. The number of nitrogens with one attached hydrogen (secondary N) is 2. The molecule has 0 aliphatic rings. The van der Waals surface area contributed by atoms with Gasteiger partial charge in [-0.15, -0.1) is 0 Å². The molecule has 0 saturated heterocycles. The van der Waals surface area contributed by atoms with Gasteiger partial charge in [-0.05, 0) is 12.0 Å². The number of hydrogen-bond acceptors (Lipinski definition) is 4. The Hall–Kier alpha value is -1.75. The summed E-state index contributed by atoms with van der Waals surface area (Å²) in [6, 6.07) is 5.71. The molecule has 5 nitrogen and oxygen atoms in total. The minimum absolute atomic E-state index is 0.0814. The van der Waals surface area contributed by atoms with Crippen LogP contribution in [0.1, 0.15) is 25.8 Å². The van der Waals surface area contributed by atoms with E-state index in [-0.39, 0.29) is 5.91 Å². The molecule has 0 aromatic heterocycles. The predicted octanol–water partition coefficient (Wildman–Crippen LogP) is 1.96. The third-order valence-electron chi connectivity index (χ3n) is 3.05. The second-order valence-corrected chi connectivity index (χ2v) is 5.30. The minimum atomic E-state index is 0.0814. The van der Waals surface area contributed by atoms with Crippen LogP contribution in [0.2, 0.25) is 0 Å². The highest BCUT2D eigenvalue weighted by Gasteiger charge is 2.06. The molecular formula is C16H26N2O3. The van der Waals surface area contributed by atoms with E-state index < -0.39 is 0 Å². The number of hydrogen-bond donors (Lipinski definition) is 2. The molecular weight excluding hydrogens is 268 g/mol. The van der Waals surface area contributed by atoms with E-state index in [0.29, 0.717) is 25.4 Å². The Labute approximate surface area is 127 Å². The predicted molar refractivity (Wildman–Crippen MR) is 83.7 cm³/mol. The number of rotatable bonds is 9. The van der Waals surface area contributed by atoms with Crippen molar-refractivity contribution in [3.8, 4) is 11.5 Å². The quantitative estimate of drug-likeness (QED) is 0.684. The van der Waals surface area contributed by atoms with Gasteiger partial charge in [0.05, 0.1) is 14.2 Å². The van der Waals surface area contributed by atoms with Gasteiger partial charge in [-0.3, -0.25) is 4.79 Å². The summed E-state index contributed by atoms with van der Waals surface area (Å²) in [6.07, 6.45) is 0.477. The number of carbonyl (C=O) groups is 1. The standard InChI is InChI=1S/C16H26N2O3/c1-12(2)10-18-16(19)7-8-17-11-13-5-6-14(20-3)9-15(13)21-4/h5-6,9,12,17H,7-8,10-11H2,1-4H3,(H,18,19). The lowest BCUT2D eigenvalue weighted by Crippen LogP contribution is -2.30. The fraction of sp³-hybridized carbons (Fsp3) is 0.562. The molecule has 21 heavy (non-hydrogen) atoms. The van der Waals surface area contributed by atoms with E-state index >= 15 is 0 Å². The molecule has 2 N–H and O–H groups in total. The number of methoxy groups -OCH3 is 2. The number of carbonyl (C=O) groups excluding carboxylic acids is 1. The summed E-state index contributed by atoms with van der Waals surface area (Å²) in [5, 5.41) is 6.15. The van der Waals surface area contributed by atoms with Gasteiger partial charge in [0.25, 0.3) is 0 Å². The van der Waals surface area contributed by atoms with Gasteiger partial charge in [-0.2, -0.15) is 0 Å². The zero-order chi connectivity index (χ0) is 15.7. The first-order valence-corrected chi connectivity index (χ1v) is 7.25.